The van der Waals surface area contributed by atoms with E-state index in [-0.39, 0.29) is 0 Å². The van der Waals surface area contributed by atoms with Crippen molar-refractivity contribution in [2.24, 2.45) is 0 Å². The Balaban J connectivity index is 0.905. The Labute approximate surface area is 456 Å². The minimum atomic E-state index is 0.834. The number of fused-ring (bicyclic) bond motifs is 9. The topological polar surface area (TPSA) is 48.8 Å². The molecule has 370 valence electrons. The van der Waals surface area contributed by atoms with Crippen molar-refractivity contribution in [1.29, 1.82) is 0 Å². The summed E-state index contributed by atoms with van der Waals surface area (Å²) >= 11 is 0. The second-order valence-corrected chi connectivity index (χ2v) is 20.2. The number of aromatic nitrogens is 4. The normalized spacial score (nSPS) is 11.6. The molecule has 0 spiro atoms. The zero-order chi connectivity index (χ0) is 52.6. The number of hydrogen-bond acceptors (Lipinski definition) is 3. The third-order valence-electron chi connectivity index (χ3n) is 15.8. The van der Waals surface area contributed by atoms with Crippen LogP contribution in [0, 0.1) is 0 Å². The predicted octanol–water partition coefficient (Wildman–Crippen LogP) is 19.9. The van der Waals surface area contributed by atoms with Crippen LogP contribution in [0.2, 0.25) is 0 Å². The van der Waals surface area contributed by atoms with E-state index in [1.165, 1.54) is 21.5 Å². The molecule has 0 aliphatic rings. The standard InChI is InChI=1S/C74H48N4O/c1-3-47-19-23-49(24-20-47)51-27-33-69-61(41-51)63-43-53(57-13-5-7-15-59(57)67-17-9-11-39-75-67)29-35-71(63)77(69)55-31-37-73-65(45-55)66-46-56(32-38-74(66)79-73)78-70-34-28-52(50-25-21-48(4-2)22-26-50)42-62(70)64-44-54(30-36-72(64)78)58-14-6-8-16-60(58)68-18-10-12-40-76-68/h3-46H,1-2H2. The average molecular weight is 1010 g/mol. The molecule has 0 atom stereocenters. The van der Waals surface area contributed by atoms with E-state index in [1.54, 1.807) is 0 Å². The minimum absolute atomic E-state index is 0.834. The van der Waals surface area contributed by atoms with Gasteiger partial charge in [-0.15, -0.1) is 0 Å². The van der Waals surface area contributed by atoms with Gasteiger partial charge in [-0.05, 0) is 165 Å². The van der Waals surface area contributed by atoms with Crippen LogP contribution in [0.5, 0.6) is 0 Å². The molecule has 0 aliphatic heterocycles. The van der Waals surface area contributed by atoms with Crippen molar-refractivity contribution in [3.05, 3.63) is 279 Å². The molecule has 0 saturated heterocycles. The predicted molar refractivity (Wildman–Crippen MR) is 331 cm³/mol. The number of pyridine rings is 2. The van der Waals surface area contributed by atoms with E-state index in [0.717, 1.165) is 134 Å². The minimum Gasteiger partial charge on any atom is -0.456 e. The molecule has 0 radical (unpaired) electrons. The van der Waals surface area contributed by atoms with Gasteiger partial charge in [-0.2, -0.15) is 0 Å². The highest BCUT2D eigenvalue weighted by molar-refractivity contribution is 6.15. The van der Waals surface area contributed by atoms with Crippen LogP contribution >= 0.6 is 0 Å². The van der Waals surface area contributed by atoms with Crippen molar-refractivity contribution < 1.29 is 4.42 Å². The molecular formula is C74H48N4O. The summed E-state index contributed by atoms with van der Waals surface area (Å²) in [6.07, 6.45) is 7.49. The molecule has 0 amide bonds. The third-order valence-corrected chi connectivity index (χ3v) is 15.8. The van der Waals surface area contributed by atoms with E-state index >= 15 is 0 Å². The summed E-state index contributed by atoms with van der Waals surface area (Å²) in [5.74, 6) is 0. The molecule has 15 aromatic rings. The second kappa shape index (κ2) is 18.6. The van der Waals surface area contributed by atoms with Crippen molar-refractivity contribution >= 4 is 77.7 Å². The van der Waals surface area contributed by atoms with Gasteiger partial charge in [-0.1, -0.05) is 159 Å². The molecule has 0 N–H and O–H groups in total. The van der Waals surface area contributed by atoms with Crippen LogP contribution in [0.15, 0.2) is 273 Å². The van der Waals surface area contributed by atoms with Crippen molar-refractivity contribution in [2.45, 2.75) is 0 Å². The molecule has 5 heteroatoms. The Morgan fingerprint density at radius 3 is 1.04 bits per heavy atom. The quantitative estimate of drug-likeness (QED) is 0.137. The molecule has 0 aliphatic carbocycles. The van der Waals surface area contributed by atoms with Crippen LogP contribution in [0.3, 0.4) is 0 Å². The van der Waals surface area contributed by atoms with Gasteiger partial charge in [0.05, 0.1) is 33.5 Å². The summed E-state index contributed by atoms with van der Waals surface area (Å²) in [6, 6.07) is 87.3. The maximum absolute atomic E-state index is 6.69. The molecule has 5 heterocycles. The first-order chi connectivity index (χ1) is 39.0. The van der Waals surface area contributed by atoms with Gasteiger partial charge in [-0.3, -0.25) is 9.97 Å². The molecule has 0 unspecified atom stereocenters. The Kier molecular flexibility index (Phi) is 10.8. The van der Waals surface area contributed by atoms with Crippen LogP contribution in [0.1, 0.15) is 11.1 Å². The van der Waals surface area contributed by atoms with Gasteiger partial charge in [0.25, 0.3) is 0 Å². The van der Waals surface area contributed by atoms with E-state index in [4.69, 9.17) is 14.4 Å². The highest BCUT2D eigenvalue weighted by Crippen LogP contribution is 2.43. The van der Waals surface area contributed by atoms with E-state index in [9.17, 15) is 0 Å². The van der Waals surface area contributed by atoms with Crippen molar-refractivity contribution in [3.8, 4) is 78.4 Å². The lowest BCUT2D eigenvalue weighted by Gasteiger charge is -2.11. The average Bonchev–Trinajstić information content (AvgIpc) is 4.35. The Hall–Kier alpha value is -10.6. The molecule has 0 bridgehead atoms. The van der Waals surface area contributed by atoms with Crippen molar-refractivity contribution in [1.82, 2.24) is 19.1 Å². The van der Waals surface area contributed by atoms with Crippen LogP contribution in [-0.2, 0) is 0 Å². The monoisotopic (exact) mass is 1010 g/mol. The number of hydrogen-bond donors (Lipinski definition) is 0. The van der Waals surface area contributed by atoms with Crippen LogP contribution < -0.4 is 0 Å². The third kappa shape index (κ3) is 7.70. The van der Waals surface area contributed by atoms with Crippen LogP contribution in [0.4, 0.5) is 0 Å². The smallest absolute Gasteiger partial charge is 0.135 e. The van der Waals surface area contributed by atoms with Gasteiger partial charge >= 0.3 is 0 Å². The first-order valence-corrected chi connectivity index (χ1v) is 26.7. The number of nitrogens with zero attached hydrogens (tertiary/aromatic N) is 4. The first-order valence-electron chi connectivity index (χ1n) is 26.7. The Bertz CT molecular complexity index is 4600. The summed E-state index contributed by atoms with van der Waals surface area (Å²) in [4.78, 5) is 9.51. The number of furan rings is 1. The highest BCUT2D eigenvalue weighted by atomic mass is 16.3. The van der Waals surface area contributed by atoms with Crippen molar-refractivity contribution in [3.63, 3.8) is 0 Å². The van der Waals surface area contributed by atoms with Gasteiger partial charge in [0.1, 0.15) is 11.2 Å². The maximum Gasteiger partial charge on any atom is 0.135 e. The second-order valence-electron chi connectivity index (χ2n) is 20.2. The zero-order valence-electron chi connectivity index (χ0n) is 43.0. The lowest BCUT2D eigenvalue weighted by Crippen LogP contribution is -1.94. The molecule has 5 nitrogen and oxygen atoms in total. The van der Waals surface area contributed by atoms with E-state index in [0.29, 0.717) is 0 Å². The number of rotatable bonds is 10. The lowest BCUT2D eigenvalue weighted by atomic mass is 9.95. The molecule has 0 fully saturated rings. The molecule has 10 aromatic carbocycles. The summed E-state index contributed by atoms with van der Waals surface area (Å²) in [5, 5.41) is 6.76. The van der Waals surface area contributed by atoms with Gasteiger partial charge in [0, 0.05) is 67.2 Å². The zero-order valence-corrected chi connectivity index (χ0v) is 43.0. The van der Waals surface area contributed by atoms with Gasteiger partial charge < -0.3 is 13.6 Å². The number of benzene rings is 10. The molecule has 79 heavy (non-hydrogen) atoms. The van der Waals surface area contributed by atoms with Crippen LogP contribution in [-0.4, -0.2) is 19.1 Å². The molecular weight excluding hydrogens is 961 g/mol. The Morgan fingerprint density at radius 2 is 0.658 bits per heavy atom. The van der Waals surface area contributed by atoms with Gasteiger partial charge in [-0.25, -0.2) is 0 Å². The first kappa shape index (κ1) is 45.7. The highest BCUT2D eigenvalue weighted by Gasteiger charge is 2.21. The lowest BCUT2D eigenvalue weighted by molar-refractivity contribution is 0.669. The summed E-state index contributed by atoms with van der Waals surface area (Å²) in [5.41, 5.74) is 23.6. The largest absolute Gasteiger partial charge is 0.456 e. The molecule has 15 rings (SSSR count). The summed E-state index contributed by atoms with van der Waals surface area (Å²) < 4.78 is 11.5. The van der Waals surface area contributed by atoms with Crippen LogP contribution in [0.25, 0.3) is 156 Å². The summed E-state index contributed by atoms with van der Waals surface area (Å²) in [6.45, 7) is 7.98. The van der Waals surface area contributed by atoms with E-state index < -0.39 is 0 Å². The van der Waals surface area contributed by atoms with Crippen molar-refractivity contribution in [2.75, 3.05) is 0 Å². The molecule has 0 saturated carbocycles. The van der Waals surface area contributed by atoms with Gasteiger partial charge in [0.2, 0.25) is 0 Å². The fourth-order valence-electron chi connectivity index (χ4n) is 11.9. The van der Waals surface area contributed by atoms with Gasteiger partial charge in [0.15, 0.2) is 0 Å². The maximum atomic E-state index is 6.69. The summed E-state index contributed by atoms with van der Waals surface area (Å²) in [7, 11) is 0. The fourth-order valence-corrected chi connectivity index (χ4v) is 11.9. The Morgan fingerprint density at radius 1 is 0.304 bits per heavy atom. The van der Waals surface area contributed by atoms with E-state index in [2.05, 4.69) is 241 Å². The fraction of sp³-hybridized carbons (Fsp3) is 0. The molecule has 5 aromatic heterocycles. The van der Waals surface area contributed by atoms with E-state index in [1.807, 2.05) is 48.8 Å². The SMILES string of the molecule is C=Cc1ccc(-c2ccc3c(c2)c2cc(-c4ccccc4-c4ccccn4)ccc2n3-c2ccc3oc4ccc(-n5c6ccc(-c7ccc(C=C)cc7)cc6c6cc(-c7ccccc7-c7ccccn7)ccc65)cc4c3c2)cc1.